The maximum absolute atomic E-state index is 12.8. The minimum atomic E-state index is -0.723. The number of likely N-dealkylation sites (N-methyl/N-ethyl adjacent to an activating group) is 1. The van der Waals surface area contributed by atoms with Crippen molar-refractivity contribution in [3.8, 4) is 0 Å². The van der Waals surface area contributed by atoms with E-state index in [0.29, 0.717) is 19.4 Å². The van der Waals surface area contributed by atoms with E-state index in [9.17, 15) is 14.4 Å². The first-order valence-electron chi connectivity index (χ1n) is 8.55. The second-order valence-electron chi connectivity index (χ2n) is 6.63. The summed E-state index contributed by atoms with van der Waals surface area (Å²) in [6, 6.07) is 3.63. The van der Waals surface area contributed by atoms with Gasteiger partial charge in [0.05, 0.1) is 3.79 Å². The number of thiophene rings is 1. The number of hydrogen-bond acceptors (Lipinski definition) is 4. The van der Waals surface area contributed by atoms with E-state index in [-0.39, 0.29) is 24.4 Å². The molecule has 1 aliphatic heterocycles. The van der Waals surface area contributed by atoms with Gasteiger partial charge in [-0.2, -0.15) is 0 Å². The standard InChI is InChI=1S/C17H22BrN3O3S/c1-20-16(24)21(15(23)17(20)8-3-2-4-9-17)11-14(22)19-10-7-12-5-6-13(18)25-12/h5-6H,2-4,7-11H2,1H3,(H,19,22). The number of hydrogen-bond donors (Lipinski definition) is 1. The highest BCUT2D eigenvalue weighted by Crippen LogP contribution is 2.39. The summed E-state index contributed by atoms with van der Waals surface area (Å²) in [5.74, 6) is -0.504. The molecule has 1 aromatic rings. The average molecular weight is 428 g/mol. The molecule has 1 saturated heterocycles. The Bertz CT molecular complexity index is 684. The zero-order chi connectivity index (χ0) is 18.0. The van der Waals surface area contributed by atoms with Crippen molar-refractivity contribution in [3.05, 3.63) is 20.8 Å². The Kier molecular flexibility index (Phi) is 5.48. The fraction of sp³-hybridized carbons (Fsp3) is 0.588. The topological polar surface area (TPSA) is 69.7 Å². The number of imide groups is 1. The van der Waals surface area contributed by atoms with Gasteiger partial charge in [0.15, 0.2) is 0 Å². The molecule has 1 N–H and O–H groups in total. The van der Waals surface area contributed by atoms with Crippen molar-refractivity contribution in [2.75, 3.05) is 20.1 Å². The quantitative estimate of drug-likeness (QED) is 0.734. The van der Waals surface area contributed by atoms with Gasteiger partial charge < -0.3 is 10.2 Å². The molecule has 2 aliphatic rings. The summed E-state index contributed by atoms with van der Waals surface area (Å²) >= 11 is 5.04. The Morgan fingerprint density at radius 3 is 2.64 bits per heavy atom. The van der Waals surface area contributed by atoms with Crippen molar-refractivity contribution >= 4 is 45.1 Å². The highest BCUT2D eigenvalue weighted by molar-refractivity contribution is 9.11. The third-order valence-corrected chi connectivity index (χ3v) is 6.79. The van der Waals surface area contributed by atoms with Crippen molar-refractivity contribution in [2.24, 2.45) is 0 Å². The summed E-state index contributed by atoms with van der Waals surface area (Å²) in [4.78, 5) is 41.3. The molecule has 2 fully saturated rings. The summed E-state index contributed by atoms with van der Waals surface area (Å²) in [5, 5.41) is 2.80. The largest absolute Gasteiger partial charge is 0.354 e. The molecule has 1 spiro atoms. The molecule has 0 bridgehead atoms. The van der Waals surface area contributed by atoms with Crippen molar-refractivity contribution in [3.63, 3.8) is 0 Å². The minimum absolute atomic E-state index is 0.197. The van der Waals surface area contributed by atoms with Crippen LogP contribution in [0.1, 0.15) is 37.0 Å². The minimum Gasteiger partial charge on any atom is -0.354 e. The Labute approximate surface area is 159 Å². The fourth-order valence-electron chi connectivity index (χ4n) is 3.68. The predicted molar refractivity (Wildman–Crippen MR) is 99.4 cm³/mol. The van der Waals surface area contributed by atoms with Crippen LogP contribution in [-0.4, -0.2) is 53.3 Å². The molecule has 4 amide bonds. The van der Waals surface area contributed by atoms with E-state index < -0.39 is 5.54 Å². The second kappa shape index (κ2) is 7.45. The van der Waals surface area contributed by atoms with Gasteiger partial charge in [-0.05, 0) is 47.3 Å². The molecule has 25 heavy (non-hydrogen) atoms. The van der Waals surface area contributed by atoms with Crippen LogP contribution in [0.3, 0.4) is 0 Å². The number of carbonyl (C=O) groups is 3. The van der Waals surface area contributed by atoms with Crippen molar-refractivity contribution in [2.45, 2.75) is 44.1 Å². The van der Waals surface area contributed by atoms with Gasteiger partial charge >= 0.3 is 6.03 Å². The molecule has 2 heterocycles. The number of carbonyl (C=O) groups excluding carboxylic acids is 3. The number of nitrogens with one attached hydrogen (secondary N) is 1. The van der Waals surface area contributed by atoms with Gasteiger partial charge in [-0.15, -0.1) is 11.3 Å². The molecule has 6 nitrogen and oxygen atoms in total. The Morgan fingerprint density at radius 2 is 2.00 bits per heavy atom. The van der Waals surface area contributed by atoms with E-state index in [1.54, 1.807) is 23.3 Å². The second-order valence-corrected chi connectivity index (χ2v) is 9.18. The molecule has 0 unspecified atom stereocenters. The van der Waals surface area contributed by atoms with Crippen molar-refractivity contribution < 1.29 is 14.4 Å². The molecule has 0 atom stereocenters. The van der Waals surface area contributed by atoms with Gasteiger partial charge in [-0.3, -0.25) is 14.5 Å². The lowest BCUT2D eigenvalue weighted by Crippen LogP contribution is -2.49. The van der Waals surface area contributed by atoms with Gasteiger partial charge in [-0.25, -0.2) is 4.79 Å². The normalized spacial score (nSPS) is 19.8. The van der Waals surface area contributed by atoms with Gasteiger partial charge in [0, 0.05) is 18.5 Å². The van der Waals surface area contributed by atoms with Crippen molar-refractivity contribution in [1.82, 2.24) is 15.1 Å². The van der Waals surface area contributed by atoms with Gasteiger partial charge in [-0.1, -0.05) is 19.3 Å². The lowest BCUT2D eigenvalue weighted by atomic mass is 9.81. The highest BCUT2D eigenvalue weighted by atomic mass is 79.9. The number of halogens is 1. The smallest absolute Gasteiger partial charge is 0.327 e. The van der Waals surface area contributed by atoms with E-state index in [1.165, 1.54) is 4.88 Å². The Morgan fingerprint density at radius 1 is 1.28 bits per heavy atom. The summed E-state index contributed by atoms with van der Waals surface area (Å²) in [6.45, 7) is 0.293. The number of rotatable bonds is 5. The van der Waals surface area contributed by atoms with Crippen LogP contribution in [0, 0.1) is 0 Å². The van der Waals surface area contributed by atoms with Crippen molar-refractivity contribution in [1.29, 1.82) is 0 Å². The summed E-state index contributed by atoms with van der Waals surface area (Å²) in [5.41, 5.74) is -0.723. The zero-order valence-corrected chi connectivity index (χ0v) is 16.6. The molecule has 136 valence electrons. The summed E-state index contributed by atoms with van der Waals surface area (Å²) in [6.07, 6.45) is 5.10. The average Bonchev–Trinajstić information content (AvgIpc) is 3.09. The lowest BCUT2D eigenvalue weighted by Gasteiger charge is -2.35. The molecule has 0 radical (unpaired) electrons. The molecular formula is C17H22BrN3O3S. The summed E-state index contributed by atoms with van der Waals surface area (Å²) < 4.78 is 1.06. The number of amides is 4. The number of urea groups is 1. The third-order valence-electron chi connectivity index (χ3n) is 5.11. The van der Waals surface area contributed by atoms with E-state index in [0.717, 1.165) is 34.4 Å². The molecule has 3 rings (SSSR count). The lowest BCUT2D eigenvalue weighted by molar-refractivity contribution is -0.137. The van der Waals surface area contributed by atoms with E-state index in [2.05, 4.69) is 21.2 Å². The number of nitrogens with zero attached hydrogens (tertiary/aromatic N) is 2. The van der Waals surface area contributed by atoms with Gasteiger partial charge in [0.25, 0.3) is 5.91 Å². The zero-order valence-electron chi connectivity index (χ0n) is 14.2. The van der Waals surface area contributed by atoms with Crippen LogP contribution in [0.15, 0.2) is 15.9 Å². The first kappa shape index (κ1) is 18.4. The molecule has 1 aliphatic carbocycles. The predicted octanol–water partition coefficient (Wildman–Crippen LogP) is 2.77. The SMILES string of the molecule is CN1C(=O)N(CC(=O)NCCc2ccc(Br)s2)C(=O)C12CCCCC2. The van der Waals surface area contributed by atoms with E-state index >= 15 is 0 Å². The Balaban J connectivity index is 1.55. The third kappa shape index (κ3) is 3.60. The molecule has 1 aromatic heterocycles. The molecule has 0 aromatic carbocycles. The molecular weight excluding hydrogens is 406 g/mol. The van der Waals surface area contributed by atoms with Crippen LogP contribution in [-0.2, 0) is 16.0 Å². The van der Waals surface area contributed by atoms with Crippen LogP contribution >= 0.6 is 27.3 Å². The van der Waals surface area contributed by atoms with Gasteiger partial charge in [0.2, 0.25) is 5.91 Å². The first-order chi connectivity index (χ1) is 11.9. The maximum Gasteiger partial charge on any atom is 0.327 e. The van der Waals surface area contributed by atoms with E-state index in [4.69, 9.17) is 0 Å². The molecule has 1 saturated carbocycles. The monoisotopic (exact) mass is 427 g/mol. The first-order valence-corrected chi connectivity index (χ1v) is 10.2. The van der Waals surface area contributed by atoms with Crippen LogP contribution in [0.4, 0.5) is 4.79 Å². The fourth-order valence-corrected chi connectivity index (χ4v) is 5.16. The van der Waals surface area contributed by atoms with Crippen LogP contribution in [0.2, 0.25) is 0 Å². The van der Waals surface area contributed by atoms with Crippen LogP contribution in [0.25, 0.3) is 0 Å². The highest BCUT2D eigenvalue weighted by Gasteiger charge is 2.55. The van der Waals surface area contributed by atoms with Crippen LogP contribution < -0.4 is 5.32 Å². The summed E-state index contributed by atoms with van der Waals surface area (Å²) in [7, 11) is 1.68. The Hall–Kier alpha value is -1.41. The van der Waals surface area contributed by atoms with Gasteiger partial charge in [0.1, 0.15) is 12.1 Å². The maximum atomic E-state index is 12.8. The van der Waals surface area contributed by atoms with E-state index in [1.807, 2.05) is 12.1 Å². The van der Waals surface area contributed by atoms with Crippen LogP contribution in [0.5, 0.6) is 0 Å². The molecule has 8 heteroatoms.